The number of carbonyl (C=O) groups excluding carboxylic acids is 1. The average molecular weight is 414 g/mol. The average Bonchev–Trinajstić information content (AvgIpc) is 2.75. The van der Waals surface area contributed by atoms with Crippen LogP contribution in [0.15, 0.2) is 48.5 Å². The van der Waals surface area contributed by atoms with Crippen LogP contribution in [0.3, 0.4) is 0 Å². The number of halogens is 1. The first-order valence-electron chi connectivity index (χ1n) is 10.4. The molecule has 2 N–H and O–H groups in total. The van der Waals surface area contributed by atoms with Gasteiger partial charge in [0, 0.05) is 18.1 Å². The Labute approximate surface area is 177 Å². The Bertz CT molecular complexity index is 819. The molecule has 2 aromatic rings. The molecule has 154 valence electrons. The molecule has 0 aromatic heterocycles. The molecule has 1 atom stereocenters. The monoisotopic (exact) mass is 413 g/mol. The van der Waals surface area contributed by atoms with Gasteiger partial charge >= 0.3 is 6.03 Å². The van der Waals surface area contributed by atoms with Crippen molar-refractivity contribution in [1.82, 2.24) is 15.5 Å². The second-order valence-corrected chi connectivity index (χ2v) is 8.46. The van der Waals surface area contributed by atoms with Gasteiger partial charge in [-0.2, -0.15) is 0 Å². The molecule has 6 heteroatoms. The summed E-state index contributed by atoms with van der Waals surface area (Å²) < 4.78 is 5.74. The number of amides is 2. The molecular weight excluding hydrogens is 386 g/mol. The lowest BCUT2D eigenvalue weighted by Crippen LogP contribution is -2.48. The predicted octanol–water partition coefficient (Wildman–Crippen LogP) is 3.85. The maximum Gasteiger partial charge on any atom is 0.315 e. The van der Waals surface area contributed by atoms with Crippen molar-refractivity contribution in [3.63, 3.8) is 0 Å². The minimum absolute atomic E-state index is 0.0196. The molecule has 2 aromatic carbocycles. The van der Waals surface area contributed by atoms with Gasteiger partial charge in [0.05, 0.1) is 6.04 Å². The van der Waals surface area contributed by atoms with Crippen molar-refractivity contribution >= 4 is 17.6 Å². The Hall–Kier alpha value is -2.24. The molecule has 0 radical (unpaired) electrons. The standard InChI is InChI=1S/C23H28ClN3O2/c24-20-7-5-18(6-8-20)15-27-11-9-17(10-12-27)14-25-23(28)26-21-13-19-3-1-2-4-22(19)29-16-21/h1-8,17,21H,9-16H2,(H2,25,26,28)/t21-/m1/s1. The van der Waals surface area contributed by atoms with E-state index in [1.165, 1.54) is 5.56 Å². The van der Waals surface area contributed by atoms with Gasteiger partial charge in [0.15, 0.2) is 0 Å². The maximum atomic E-state index is 12.3. The Morgan fingerprint density at radius 1 is 1.10 bits per heavy atom. The summed E-state index contributed by atoms with van der Waals surface area (Å²) in [5, 5.41) is 6.88. The second kappa shape index (κ2) is 9.51. The summed E-state index contributed by atoms with van der Waals surface area (Å²) in [4.78, 5) is 14.8. The van der Waals surface area contributed by atoms with Crippen molar-refractivity contribution in [3.05, 3.63) is 64.7 Å². The van der Waals surface area contributed by atoms with Crippen LogP contribution in [-0.4, -0.2) is 43.2 Å². The quantitative estimate of drug-likeness (QED) is 0.782. The van der Waals surface area contributed by atoms with E-state index < -0.39 is 0 Å². The molecule has 2 heterocycles. The Morgan fingerprint density at radius 2 is 1.86 bits per heavy atom. The molecule has 2 aliphatic rings. The molecule has 0 bridgehead atoms. The minimum atomic E-state index is -0.0958. The van der Waals surface area contributed by atoms with Crippen LogP contribution in [0.2, 0.25) is 5.02 Å². The largest absolute Gasteiger partial charge is 0.491 e. The molecule has 0 aliphatic carbocycles. The minimum Gasteiger partial charge on any atom is -0.491 e. The lowest BCUT2D eigenvalue weighted by atomic mass is 9.96. The highest BCUT2D eigenvalue weighted by Crippen LogP contribution is 2.24. The van der Waals surface area contributed by atoms with Crippen molar-refractivity contribution in [2.45, 2.75) is 31.8 Å². The Kier molecular flexibility index (Phi) is 6.57. The van der Waals surface area contributed by atoms with Gasteiger partial charge in [-0.15, -0.1) is 0 Å². The summed E-state index contributed by atoms with van der Waals surface area (Å²) in [6.45, 7) is 4.33. The van der Waals surface area contributed by atoms with Crippen molar-refractivity contribution in [3.8, 4) is 5.75 Å². The van der Waals surface area contributed by atoms with E-state index in [4.69, 9.17) is 16.3 Å². The molecule has 0 spiro atoms. The van der Waals surface area contributed by atoms with E-state index in [1.807, 2.05) is 30.3 Å². The van der Waals surface area contributed by atoms with Crippen LogP contribution in [0.1, 0.15) is 24.0 Å². The number of fused-ring (bicyclic) bond motifs is 1. The van der Waals surface area contributed by atoms with Gasteiger partial charge in [0.1, 0.15) is 12.4 Å². The Balaban J connectivity index is 1.15. The molecule has 29 heavy (non-hydrogen) atoms. The van der Waals surface area contributed by atoms with Gasteiger partial charge in [-0.25, -0.2) is 4.79 Å². The van der Waals surface area contributed by atoms with Crippen molar-refractivity contribution < 1.29 is 9.53 Å². The molecule has 2 aliphatic heterocycles. The number of nitrogens with one attached hydrogen (secondary N) is 2. The molecular formula is C23H28ClN3O2. The normalized spacial score (nSPS) is 19.8. The van der Waals surface area contributed by atoms with Crippen molar-refractivity contribution in [2.75, 3.05) is 26.2 Å². The zero-order chi connectivity index (χ0) is 20.1. The topological polar surface area (TPSA) is 53.6 Å². The summed E-state index contributed by atoms with van der Waals surface area (Å²) >= 11 is 5.96. The number of nitrogens with zero attached hydrogens (tertiary/aromatic N) is 1. The highest BCUT2D eigenvalue weighted by Gasteiger charge is 2.23. The molecule has 1 saturated heterocycles. The zero-order valence-corrected chi connectivity index (χ0v) is 17.3. The van der Waals surface area contributed by atoms with Crippen molar-refractivity contribution in [1.29, 1.82) is 0 Å². The molecule has 2 amide bonds. The summed E-state index contributed by atoms with van der Waals surface area (Å²) in [6.07, 6.45) is 3.02. The first kappa shape index (κ1) is 20.0. The Morgan fingerprint density at radius 3 is 2.66 bits per heavy atom. The SMILES string of the molecule is O=C(NCC1CCN(Cc2ccc(Cl)cc2)CC1)N[C@H]1COc2ccccc2C1. The van der Waals surface area contributed by atoms with Crippen molar-refractivity contribution in [2.24, 2.45) is 5.92 Å². The number of piperidine rings is 1. The van der Waals surface area contributed by atoms with E-state index in [0.29, 0.717) is 12.5 Å². The van der Waals surface area contributed by atoms with E-state index >= 15 is 0 Å². The summed E-state index contributed by atoms with van der Waals surface area (Å²) in [6, 6.07) is 16.0. The molecule has 0 saturated carbocycles. The van der Waals surface area contributed by atoms with E-state index in [9.17, 15) is 4.79 Å². The van der Waals surface area contributed by atoms with Crippen LogP contribution in [0.5, 0.6) is 5.75 Å². The van der Waals surface area contributed by atoms with E-state index in [-0.39, 0.29) is 12.1 Å². The number of benzene rings is 2. The van der Waals surface area contributed by atoms with Gasteiger partial charge in [0.2, 0.25) is 0 Å². The predicted molar refractivity (Wildman–Crippen MR) is 115 cm³/mol. The van der Waals surface area contributed by atoms with Gasteiger partial charge in [-0.3, -0.25) is 4.90 Å². The second-order valence-electron chi connectivity index (χ2n) is 8.02. The summed E-state index contributed by atoms with van der Waals surface area (Å²) in [7, 11) is 0. The van der Waals surface area contributed by atoms with E-state index in [1.54, 1.807) is 0 Å². The number of likely N-dealkylation sites (tertiary alicyclic amines) is 1. The van der Waals surface area contributed by atoms with Gasteiger partial charge < -0.3 is 15.4 Å². The molecule has 4 rings (SSSR count). The number of hydrogen-bond acceptors (Lipinski definition) is 3. The van der Waals surface area contributed by atoms with E-state index in [2.05, 4.69) is 33.7 Å². The van der Waals surface area contributed by atoms with Gasteiger partial charge in [-0.05, 0) is 67.6 Å². The molecule has 5 nitrogen and oxygen atoms in total. The fourth-order valence-electron chi connectivity index (χ4n) is 4.09. The number of rotatable bonds is 5. The van der Waals surface area contributed by atoms with Crippen LogP contribution < -0.4 is 15.4 Å². The van der Waals surface area contributed by atoms with Crippen LogP contribution in [0.25, 0.3) is 0 Å². The van der Waals surface area contributed by atoms with E-state index in [0.717, 1.165) is 61.8 Å². The third kappa shape index (κ3) is 5.64. The van der Waals surface area contributed by atoms with Crippen LogP contribution in [0, 0.1) is 5.92 Å². The number of para-hydroxylation sites is 1. The number of ether oxygens (including phenoxy) is 1. The summed E-state index contributed by atoms with van der Waals surface area (Å²) in [5.74, 6) is 1.46. The highest BCUT2D eigenvalue weighted by molar-refractivity contribution is 6.30. The maximum absolute atomic E-state index is 12.3. The van der Waals surface area contributed by atoms with Crippen LogP contribution in [-0.2, 0) is 13.0 Å². The number of hydrogen-bond donors (Lipinski definition) is 2. The highest BCUT2D eigenvalue weighted by atomic mass is 35.5. The lowest BCUT2D eigenvalue weighted by Gasteiger charge is -2.32. The third-order valence-electron chi connectivity index (χ3n) is 5.79. The van der Waals surface area contributed by atoms with Crippen LogP contribution >= 0.6 is 11.6 Å². The zero-order valence-electron chi connectivity index (χ0n) is 16.6. The molecule has 0 unspecified atom stereocenters. The lowest BCUT2D eigenvalue weighted by molar-refractivity contribution is 0.173. The van der Waals surface area contributed by atoms with Crippen LogP contribution in [0.4, 0.5) is 4.79 Å². The smallest absolute Gasteiger partial charge is 0.315 e. The number of urea groups is 1. The summed E-state index contributed by atoms with van der Waals surface area (Å²) in [5.41, 5.74) is 2.44. The first-order valence-corrected chi connectivity index (χ1v) is 10.8. The van der Waals surface area contributed by atoms with Gasteiger partial charge in [-0.1, -0.05) is 41.9 Å². The van der Waals surface area contributed by atoms with Gasteiger partial charge in [0.25, 0.3) is 0 Å². The fraction of sp³-hybridized carbons (Fsp3) is 0.435. The fourth-order valence-corrected chi connectivity index (χ4v) is 4.22. The first-order chi connectivity index (χ1) is 14.2. The molecule has 1 fully saturated rings. The third-order valence-corrected chi connectivity index (χ3v) is 6.04. The number of carbonyl (C=O) groups is 1.